The first-order valence-electron chi connectivity index (χ1n) is 11.0. The highest BCUT2D eigenvalue weighted by Gasteiger charge is 2.13. The van der Waals surface area contributed by atoms with E-state index < -0.39 is 0 Å². The van der Waals surface area contributed by atoms with E-state index in [2.05, 4.69) is 20.8 Å². The number of nitrogens with one attached hydrogen (secondary N) is 2. The number of carbonyl (C=O) groups is 2. The van der Waals surface area contributed by atoms with Crippen LogP contribution in [0.1, 0.15) is 23.9 Å². The first-order valence-corrected chi connectivity index (χ1v) is 12.0. The number of hydrogen-bond donors (Lipinski definition) is 2. The van der Waals surface area contributed by atoms with E-state index in [-0.39, 0.29) is 24.1 Å². The van der Waals surface area contributed by atoms with Crippen molar-refractivity contribution < 1.29 is 19.1 Å². The Bertz CT molecular complexity index is 1210. The van der Waals surface area contributed by atoms with Crippen molar-refractivity contribution in [1.29, 1.82) is 0 Å². The number of benzene rings is 2. The maximum Gasteiger partial charge on any atom is 0.244 e. The number of aromatic nitrogens is 3. The Morgan fingerprint density at radius 2 is 1.86 bits per heavy atom. The molecule has 184 valence electrons. The van der Waals surface area contributed by atoms with E-state index in [1.807, 2.05) is 37.3 Å². The predicted octanol–water partition coefficient (Wildman–Crippen LogP) is 3.46. The van der Waals surface area contributed by atoms with E-state index in [9.17, 15) is 9.59 Å². The van der Waals surface area contributed by atoms with Gasteiger partial charge in [0.05, 0.1) is 26.5 Å². The summed E-state index contributed by atoms with van der Waals surface area (Å²) in [5.74, 6) is 1.60. The van der Waals surface area contributed by atoms with Crippen LogP contribution in [-0.4, -0.2) is 46.6 Å². The Morgan fingerprint density at radius 1 is 1.09 bits per heavy atom. The Kier molecular flexibility index (Phi) is 9.31. The van der Waals surface area contributed by atoms with Gasteiger partial charge in [-0.2, -0.15) is 0 Å². The van der Waals surface area contributed by atoms with Crippen molar-refractivity contribution in [2.24, 2.45) is 7.05 Å². The van der Waals surface area contributed by atoms with Gasteiger partial charge in [-0.05, 0) is 41.8 Å². The van der Waals surface area contributed by atoms with Gasteiger partial charge in [0, 0.05) is 18.8 Å². The van der Waals surface area contributed by atoms with E-state index in [1.165, 1.54) is 17.8 Å². The summed E-state index contributed by atoms with van der Waals surface area (Å²) in [4.78, 5) is 24.6. The molecule has 2 aromatic carbocycles. The SMILES string of the molecule is CCc1ccccc1NC(=O)CSc1nnc(CNC(=O)C=Cc2ccc(OC)c(OC)c2)n1C. The number of anilines is 1. The predicted molar refractivity (Wildman–Crippen MR) is 137 cm³/mol. The molecule has 3 rings (SSSR count). The van der Waals surface area contributed by atoms with E-state index >= 15 is 0 Å². The molecular weight excluding hydrogens is 466 g/mol. The molecule has 2 N–H and O–H groups in total. The summed E-state index contributed by atoms with van der Waals surface area (Å²) in [6.07, 6.45) is 3.96. The lowest BCUT2D eigenvalue weighted by atomic mass is 10.1. The molecular formula is C25H29N5O4S. The van der Waals surface area contributed by atoms with Gasteiger partial charge in [-0.15, -0.1) is 10.2 Å². The Balaban J connectivity index is 1.50. The monoisotopic (exact) mass is 495 g/mol. The van der Waals surface area contributed by atoms with Crippen LogP contribution in [0.15, 0.2) is 53.7 Å². The third kappa shape index (κ3) is 7.10. The molecule has 0 unspecified atom stereocenters. The normalized spacial score (nSPS) is 10.9. The molecule has 0 spiro atoms. The highest BCUT2D eigenvalue weighted by molar-refractivity contribution is 7.99. The number of para-hydroxylation sites is 1. The Labute approximate surface area is 208 Å². The molecule has 0 bridgehead atoms. The maximum atomic E-state index is 12.4. The average Bonchev–Trinajstić information content (AvgIpc) is 3.24. The third-order valence-electron chi connectivity index (χ3n) is 5.19. The van der Waals surface area contributed by atoms with Gasteiger partial charge in [0.25, 0.3) is 0 Å². The molecule has 2 amide bonds. The van der Waals surface area contributed by atoms with Gasteiger partial charge in [0.2, 0.25) is 11.8 Å². The summed E-state index contributed by atoms with van der Waals surface area (Å²) in [5.41, 5.74) is 2.71. The van der Waals surface area contributed by atoms with Gasteiger partial charge in [0.15, 0.2) is 22.5 Å². The number of rotatable bonds is 11. The fraction of sp³-hybridized carbons (Fsp3) is 0.280. The summed E-state index contributed by atoms with van der Waals surface area (Å²) >= 11 is 1.29. The maximum absolute atomic E-state index is 12.4. The first-order chi connectivity index (χ1) is 16.9. The van der Waals surface area contributed by atoms with E-state index in [0.717, 1.165) is 23.2 Å². The Morgan fingerprint density at radius 3 is 2.60 bits per heavy atom. The number of ether oxygens (including phenoxy) is 2. The van der Waals surface area contributed by atoms with Crippen molar-refractivity contribution in [2.75, 3.05) is 25.3 Å². The van der Waals surface area contributed by atoms with Crippen LogP contribution in [0.2, 0.25) is 0 Å². The summed E-state index contributed by atoms with van der Waals surface area (Å²) in [7, 11) is 4.93. The quantitative estimate of drug-likeness (QED) is 0.310. The molecule has 0 aliphatic heterocycles. The zero-order valence-electron chi connectivity index (χ0n) is 20.2. The number of aryl methyl sites for hydroxylation is 1. The molecule has 9 nitrogen and oxygen atoms in total. The molecule has 0 radical (unpaired) electrons. The van der Waals surface area contributed by atoms with Gasteiger partial charge < -0.3 is 24.7 Å². The second-order valence-electron chi connectivity index (χ2n) is 7.47. The van der Waals surface area contributed by atoms with Crippen LogP contribution in [0, 0.1) is 0 Å². The second-order valence-corrected chi connectivity index (χ2v) is 8.41. The minimum atomic E-state index is -0.272. The van der Waals surface area contributed by atoms with Crippen LogP contribution in [0.3, 0.4) is 0 Å². The largest absolute Gasteiger partial charge is 0.493 e. The fourth-order valence-corrected chi connectivity index (χ4v) is 3.98. The molecule has 1 heterocycles. The van der Waals surface area contributed by atoms with Crippen LogP contribution in [0.25, 0.3) is 6.08 Å². The summed E-state index contributed by atoms with van der Waals surface area (Å²) in [6, 6.07) is 13.1. The van der Waals surface area contributed by atoms with Gasteiger partial charge in [-0.3, -0.25) is 9.59 Å². The lowest BCUT2D eigenvalue weighted by Crippen LogP contribution is -2.22. The van der Waals surface area contributed by atoms with Crippen molar-refractivity contribution in [3.63, 3.8) is 0 Å². The zero-order chi connectivity index (χ0) is 25.2. The van der Waals surface area contributed by atoms with Crippen LogP contribution in [0.5, 0.6) is 11.5 Å². The van der Waals surface area contributed by atoms with Crippen molar-refractivity contribution in [2.45, 2.75) is 25.0 Å². The van der Waals surface area contributed by atoms with Gasteiger partial charge >= 0.3 is 0 Å². The number of methoxy groups -OCH3 is 2. The molecule has 0 saturated carbocycles. The molecule has 10 heteroatoms. The van der Waals surface area contributed by atoms with Crippen LogP contribution < -0.4 is 20.1 Å². The molecule has 0 fully saturated rings. The second kappa shape index (κ2) is 12.6. The topological polar surface area (TPSA) is 107 Å². The smallest absolute Gasteiger partial charge is 0.244 e. The number of nitrogens with zero attached hydrogens (tertiary/aromatic N) is 3. The standard InChI is InChI=1S/C25H29N5O4S/c1-5-18-8-6-7-9-19(18)27-24(32)16-35-25-29-28-22(30(25)2)15-26-23(31)13-11-17-10-12-20(33-3)21(14-17)34-4/h6-14H,5,15-16H2,1-4H3,(H,26,31)(H,27,32). The van der Waals surface area contributed by atoms with Crippen molar-refractivity contribution >= 4 is 35.3 Å². The molecule has 0 aliphatic rings. The highest BCUT2D eigenvalue weighted by Crippen LogP contribution is 2.28. The zero-order valence-corrected chi connectivity index (χ0v) is 21.0. The van der Waals surface area contributed by atoms with Gasteiger partial charge in [0.1, 0.15) is 0 Å². The molecule has 3 aromatic rings. The van der Waals surface area contributed by atoms with E-state index in [1.54, 1.807) is 44.0 Å². The van der Waals surface area contributed by atoms with Crippen LogP contribution in [0.4, 0.5) is 5.69 Å². The number of thioether (sulfide) groups is 1. The molecule has 0 saturated heterocycles. The molecule has 35 heavy (non-hydrogen) atoms. The van der Waals surface area contributed by atoms with Crippen molar-refractivity contribution in [3.8, 4) is 11.5 Å². The summed E-state index contributed by atoms with van der Waals surface area (Å²) in [5, 5.41) is 14.6. The lowest BCUT2D eigenvalue weighted by molar-refractivity contribution is -0.116. The van der Waals surface area contributed by atoms with Crippen molar-refractivity contribution in [1.82, 2.24) is 20.1 Å². The molecule has 1 aromatic heterocycles. The number of carbonyl (C=O) groups excluding carboxylic acids is 2. The first kappa shape index (κ1) is 25.8. The van der Waals surface area contributed by atoms with E-state index in [0.29, 0.717) is 22.5 Å². The summed E-state index contributed by atoms with van der Waals surface area (Å²) < 4.78 is 12.3. The third-order valence-corrected chi connectivity index (χ3v) is 6.21. The molecule has 0 atom stereocenters. The average molecular weight is 496 g/mol. The van der Waals surface area contributed by atoms with E-state index in [4.69, 9.17) is 9.47 Å². The fourth-order valence-electron chi connectivity index (χ4n) is 3.25. The number of hydrogen-bond acceptors (Lipinski definition) is 7. The van der Waals surface area contributed by atoms with Gasteiger partial charge in [-0.1, -0.05) is 43.0 Å². The van der Waals surface area contributed by atoms with Gasteiger partial charge in [-0.25, -0.2) is 0 Å². The minimum Gasteiger partial charge on any atom is -0.493 e. The van der Waals surface area contributed by atoms with Crippen LogP contribution in [-0.2, 0) is 29.6 Å². The molecule has 0 aliphatic carbocycles. The lowest BCUT2D eigenvalue weighted by Gasteiger charge is -2.09. The summed E-state index contributed by atoms with van der Waals surface area (Å²) in [6.45, 7) is 2.25. The number of amides is 2. The van der Waals surface area contributed by atoms with Crippen LogP contribution >= 0.6 is 11.8 Å². The Hall–Kier alpha value is -3.79. The van der Waals surface area contributed by atoms with Crippen molar-refractivity contribution in [3.05, 3.63) is 65.5 Å². The highest BCUT2D eigenvalue weighted by atomic mass is 32.2. The minimum absolute atomic E-state index is 0.117.